The van der Waals surface area contributed by atoms with Crippen LogP contribution in [0.4, 0.5) is 4.79 Å². The first kappa shape index (κ1) is 18.3. The van der Waals surface area contributed by atoms with Crippen LogP contribution in [-0.4, -0.2) is 46.8 Å². The Kier molecular flexibility index (Phi) is 5.83. The molecule has 132 valence electrons. The molecular formula is C18H26N2O4. The number of ether oxygens (including phenoxy) is 2. The van der Waals surface area contributed by atoms with Crippen LogP contribution >= 0.6 is 0 Å². The maximum atomic E-state index is 12.9. The molecule has 0 atom stereocenters. The molecule has 1 saturated heterocycles. The van der Waals surface area contributed by atoms with E-state index in [0.717, 1.165) is 5.56 Å². The molecule has 0 unspecified atom stereocenters. The van der Waals surface area contributed by atoms with E-state index in [9.17, 15) is 4.79 Å². The first-order valence-electron chi connectivity index (χ1n) is 8.17. The maximum Gasteiger partial charge on any atom is 0.411 e. The van der Waals surface area contributed by atoms with Gasteiger partial charge in [0.1, 0.15) is 5.60 Å². The maximum absolute atomic E-state index is 12.9. The number of oxime groups is 1. The van der Waals surface area contributed by atoms with E-state index >= 15 is 0 Å². The van der Waals surface area contributed by atoms with E-state index in [0.29, 0.717) is 32.6 Å². The molecule has 0 spiro atoms. The summed E-state index contributed by atoms with van der Waals surface area (Å²) in [7, 11) is 0. The van der Waals surface area contributed by atoms with Gasteiger partial charge >= 0.3 is 6.09 Å². The molecule has 1 aliphatic rings. The van der Waals surface area contributed by atoms with Crippen molar-refractivity contribution in [3.8, 4) is 0 Å². The van der Waals surface area contributed by atoms with Crippen LogP contribution in [-0.2, 0) is 16.0 Å². The second kappa shape index (κ2) is 7.66. The van der Waals surface area contributed by atoms with Crippen LogP contribution < -0.4 is 0 Å². The van der Waals surface area contributed by atoms with Crippen LogP contribution in [0.3, 0.4) is 0 Å². The molecule has 0 aliphatic carbocycles. The van der Waals surface area contributed by atoms with Crippen LogP contribution in [0.1, 0.15) is 39.2 Å². The van der Waals surface area contributed by atoms with Crippen LogP contribution in [0.25, 0.3) is 0 Å². The van der Waals surface area contributed by atoms with Gasteiger partial charge in [0, 0.05) is 19.8 Å². The summed E-state index contributed by atoms with van der Waals surface area (Å²) in [5.74, 6) is 0. The minimum Gasteiger partial charge on any atom is -0.444 e. The molecule has 1 aromatic carbocycles. The summed E-state index contributed by atoms with van der Waals surface area (Å²) in [6.07, 6.45) is 2.13. The van der Waals surface area contributed by atoms with Gasteiger partial charge in [-0.3, -0.25) is 4.90 Å². The standard InChI is InChI=1S/C18H26N2O4/c1-17(2,3)24-16(21)20(13-15-7-5-4-6-8-15)18(14-19-22)9-11-23-12-10-18/h4-8,14,22H,9-13H2,1-3H3. The van der Waals surface area contributed by atoms with E-state index < -0.39 is 17.2 Å². The zero-order valence-corrected chi connectivity index (χ0v) is 14.6. The summed E-state index contributed by atoms with van der Waals surface area (Å²) >= 11 is 0. The van der Waals surface area contributed by atoms with Crippen molar-refractivity contribution < 1.29 is 19.5 Å². The molecule has 1 aromatic rings. The Bertz CT molecular complexity index is 560. The smallest absolute Gasteiger partial charge is 0.411 e. The molecule has 1 heterocycles. The largest absolute Gasteiger partial charge is 0.444 e. The van der Waals surface area contributed by atoms with Gasteiger partial charge in [0.25, 0.3) is 0 Å². The lowest BCUT2D eigenvalue weighted by Gasteiger charge is -2.43. The summed E-state index contributed by atoms with van der Waals surface area (Å²) < 4.78 is 11.0. The molecular weight excluding hydrogens is 308 g/mol. The van der Waals surface area contributed by atoms with E-state index in [1.54, 1.807) is 4.90 Å². The van der Waals surface area contributed by atoms with Crippen molar-refractivity contribution in [2.75, 3.05) is 13.2 Å². The Morgan fingerprint density at radius 2 is 1.96 bits per heavy atom. The van der Waals surface area contributed by atoms with E-state index in [1.165, 1.54) is 6.21 Å². The SMILES string of the molecule is CC(C)(C)OC(=O)N(Cc1ccccc1)C1(C=NO)CCOCC1. The Hall–Kier alpha value is -2.08. The molecule has 2 rings (SSSR count). The van der Waals surface area contributed by atoms with Gasteiger partial charge in [-0.2, -0.15) is 0 Å². The van der Waals surface area contributed by atoms with Crippen molar-refractivity contribution in [1.29, 1.82) is 0 Å². The Morgan fingerprint density at radius 1 is 1.33 bits per heavy atom. The summed E-state index contributed by atoms with van der Waals surface area (Å²) in [6, 6.07) is 9.71. The predicted molar refractivity (Wildman–Crippen MR) is 91.3 cm³/mol. The van der Waals surface area contributed by atoms with Crippen molar-refractivity contribution in [1.82, 2.24) is 4.90 Å². The van der Waals surface area contributed by atoms with Gasteiger partial charge in [-0.1, -0.05) is 35.5 Å². The molecule has 1 amide bonds. The Balaban J connectivity index is 2.34. The van der Waals surface area contributed by atoms with Crippen molar-refractivity contribution in [3.63, 3.8) is 0 Å². The number of rotatable bonds is 4. The topological polar surface area (TPSA) is 71.4 Å². The summed E-state index contributed by atoms with van der Waals surface area (Å²) in [6.45, 7) is 6.88. The van der Waals surface area contributed by atoms with Crippen LogP contribution in [0.15, 0.2) is 35.5 Å². The molecule has 6 heteroatoms. The molecule has 24 heavy (non-hydrogen) atoms. The minimum atomic E-state index is -0.717. The zero-order valence-electron chi connectivity index (χ0n) is 14.6. The molecule has 0 aromatic heterocycles. The highest BCUT2D eigenvalue weighted by molar-refractivity contribution is 5.79. The van der Waals surface area contributed by atoms with Gasteiger partial charge in [0.2, 0.25) is 0 Å². The molecule has 1 aliphatic heterocycles. The number of hydrogen-bond donors (Lipinski definition) is 1. The molecule has 0 bridgehead atoms. The normalized spacial score (nSPS) is 17.6. The average Bonchev–Trinajstić information content (AvgIpc) is 2.53. The average molecular weight is 334 g/mol. The molecule has 1 fully saturated rings. The zero-order chi connectivity index (χ0) is 17.6. The first-order chi connectivity index (χ1) is 11.4. The summed E-state index contributed by atoms with van der Waals surface area (Å²) in [5, 5.41) is 12.4. The fourth-order valence-electron chi connectivity index (χ4n) is 2.79. The molecule has 0 saturated carbocycles. The van der Waals surface area contributed by atoms with Gasteiger partial charge in [-0.05, 0) is 39.2 Å². The highest BCUT2D eigenvalue weighted by atomic mass is 16.6. The van der Waals surface area contributed by atoms with Gasteiger partial charge in [0.15, 0.2) is 0 Å². The molecule has 1 N–H and O–H groups in total. The third kappa shape index (κ3) is 4.71. The lowest BCUT2D eigenvalue weighted by atomic mass is 9.89. The van der Waals surface area contributed by atoms with Crippen LogP contribution in [0, 0.1) is 0 Å². The minimum absolute atomic E-state index is 0.377. The number of hydrogen-bond acceptors (Lipinski definition) is 5. The lowest BCUT2D eigenvalue weighted by molar-refractivity contribution is -0.0235. The van der Waals surface area contributed by atoms with Crippen molar-refractivity contribution >= 4 is 12.3 Å². The Labute approximate surface area is 143 Å². The van der Waals surface area contributed by atoms with E-state index in [1.807, 2.05) is 51.1 Å². The molecule has 0 radical (unpaired) electrons. The third-order valence-electron chi connectivity index (χ3n) is 3.99. The highest BCUT2D eigenvalue weighted by Crippen LogP contribution is 2.30. The van der Waals surface area contributed by atoms with Crippen molar-refractivity contribution in [2.45, 2.75) is 51.3 Å². The highest BCUT2D eigenvalue weighted by Gasteiger charge is 2.42. The number of benzene rings is 1. The number of carbonyl (C=O) groups is 1. The first-order valence-corrected chi connectivity index (χ1v) is 8.17. The quantitative estimate of drug-likeness (QED) is 0.520. The lowest BCUT2D eigenvalue weighted by Crippen LogP contribution is -2.56. The fraction of sp³-hybridized carbons (Fsp3) is 0.556. The van der Waals surface area contributed by atoms with Crippen molar-refractivity contribution in [2.24, 2.45) is 5.16 Å². The van der Waals surface area contributed by atoms with E-state index in [4.69, 9.17) is 14.7 Å². The number of nitrogens with zero attached hydrogens (tertiary/aromatic N) is 2. The van der Waals surface area contributed by atoms with Gasteiger partial charge in [-0.15, -0.1) is 0 Å². The third-order valence-corrected chi connectivity index (χ3v) is 3.99. The second-order valence-electron chi connectivity index (χ2n) is 7.01. The van der Waals surface area contributed by atoms with E-state index in [-0.39, 0.29) is 0 Å². The van der Waals surface area contributed by atoms with Crippen LogP contribution in [0.5, 0.6) is 0 Å². The van der Waals surface area contributed by atoms with Gasteiger partial charge in [-0.25, -0.2) is 4.79 Å². The molecule has 6 nitrogen and oxygen atoms in total. The predicted octanol–water partition coefficient (Wildman–Crippen LogP) is 3.43. The number of amides is 1. The summed E-state index contributed by atoms with van der Waals surface area (Å²) in [4.78, 5) is 14.5. The summed E-state index contributed by atoms with van der Waals surface area (Å²) in [5.41, 5.74) is -0.333. The second-order valence-corrected chi connectivity index (χ2v) is 7.01. The van der Waals surface area contributed by atoms with Crippen LogP contribution in [0.2, 0.25) is 0 Å². The van der Waals surface area contributed by atoms with Gasteiger partial charge < -0.3 is 14.7 Å². The van der Waals surface area contributed by atoms with Gasteiger partial charge in [0.05, 0.1) is 11.8 Å². The fourth-order valence-corrected chi connectivity index (χ4v) is 2.79. The van der Waals surface area contributed by atoms with Crippen molar-refractivity contribution in [3.05, 3.63) is 35.9 Å². The Morgan fingerprint density at radius 3 is 2.50 bits per heavy atom. The monoisotopic (exact) mass is 334 g/mol. The van der Waals surface area contributed by atoms with E-state index in [2.05, 4.69) is 5.16 Å². The number of carbonyl (C=O) groups excluding carboxylic acids is 1.